The molecule has 0 saturated carbocycles. The molecule has 1 aliphatic heterocycles. The van der Waals surface area contributed by atoms with E-state index in [-0.39, 0.29) is 35.0 Å². The van der Waals surface area contributed by atoms with Crippen molar-refractivity contribution in [2.24, 2.45) is 0 Å². The highest BCUT2D eigenvalue weighted by atomic mass is 79.9. The molecular weight excluding hydrogens is 492 g/mol. The summed E-state index contributed by atoms with van der Waals surface area (Å²) in [7, 11) is -3.89. The highest BCUT2D eigenvalue weighted by Crippen LogP contribution is 2.34. The second-order valence-corrected chi connectivity index (χ2v) is 10.3. The number of hydrogen-bond donors (Lipinski definition) is 0. The Labute approximate surface area is 190 Å². The molecule has 6 nitrogen and oxygen atoms in total. The lowest BCUT2D eigenvalue weighted by atomic mass is 10.1. The fraction of sp³-hybridized carbons (Fsp3) is 0.381. The summed E-state index contributed by atoms with van der Waals surface area (Å²) in [6, 6.07) is 10.1. The van der Waals surface area contributed by atoms with Crippen molar-refractivity contribution in [3.8, 4) is 5.75 Å². The normalized spacial score (nSPS) is 16.1. The highest BCUT2D eigenvalue weighted by molar-refractivity contribution is 9.10. The zero-order valence-corrected chi connectivity index (χ0v) is 20.2. The number of rotatable bonds is 7. The van der Waals surface area contributed by atoms with E-state index in [4.69, 9.17) is 16.3 Å². The Bertz CT molecular complexity index is 1060. The molecule has 0 bridgehead atoms. The fourth-order valence-corrected chi connectivity index (χ4v) is 5.77. The molecule has 0 saturated heterocycles. The van der Waals surface area contributed by atoms with Crippen molar-refractivity contribution in [2.45, 2.75) is 38.1 Å². The Morgan fingerprint density at radius 1 is 1.27 bits per heavy atom. The van der Waals surface area contributed by atoms with Gasteiger partial charge in [-0.1, -0.05) is 34.5 Å². The molecule has 3 rings (SSSR count). The third-order valence-corrected chi connectivity index (χ3v) is 7.74. The second-order valence-electron chi connectivity index (χ2n) is 7.05. The van der Waals surface area contributed by atoms with E-state index in [1.165, 1.54) is 22.5 Å². The standard InChI is InChI=1S/C21H24BrClN2O4S/c1-4-24(30(27,28)17-7-9-20(29-5-2)18(23)12-17)13-21(26)25-14(3)10-15-11-16(22)6-8-19(15)25/h6-9,11-12,14H,4-5,10,13H2,1-3H3/t14-/m1/s1. The third kappa shape index (κ3) is 4.51. The van der Waals surface area contributed by atoms with Gasteiger partial charge in [-0.2, -0.15) is 4.31 Å². The summed E-state index contributed by atoms with van der Waals surface area (Å²) in [4.78, 5) is 14.8. The van der Waals surface area contributed by atoms with Crippen LogP contribution in [-0.2, 0) is 21.2 Å². The van der Waals surface area contributed by atoms with Crippen molar-refractivity contribution in [3.05, 3.63) is 51.5 Å². The summed E-state index contributed by atoms with van der Waals surface area (Å²) in [5.74, 6) is 0.164. The Balaban J connectivity index is 1.84. The average Bonchev–Trinajstić information content (AvgIpc) is 3.02. The number of ether oxygens (including phenoxy) is 1. The van der Waals surface area contributed by atoms with E-state index in [0.29, 0.717) is 12.4 Å². The van der Waals surface area contributed by atoms with Gasteiger partial charge in [0.15, 0.2) is 0 Å². The summed E-state index contributed by atoms with van der Waals surface area (Å²) >= 11 is 9.63. The maximum atomic E-state index is 13.2. The predicted octanol–water partition coefficient (Wildman–Crippen LogP) is 4.49. The van der Waals surface area contributed by atoms with Crippen molar-refractivity contribution < 1.29 is 17.9 Å². The van der Waals surface area contributed by atoms with Gasteiger partial charge in [-0.05, 0) is 62.2 Å². The SMILES string of the molecule is CCOc1ccc(S(=O)(=O)N(CC)CC(=O)N2c3ccc(Br)cc3C[C@H]2C)cc1Cl. The number of carbonyl (C=O) groups is 1. The van der Waals surface area contributed by atoms with Gasteiger partial charge < -0.3 is 9.64 Å². The summed E-state index contributed by atoms with van der Waals surface area (Å²) in [6.07, 6.45) is 0.730. The third-order valence-electron chi connectivity index (χ3n) is 5.03. The van der Waals surface area contributed by atoms with Crippen molar-refractivity contribution in [2.75, 3.05) is 24.6 Å². The second kappa shape index (κ2) is 9.26. The number of sulfonamides is 1. The first-order chi connectivity index (χ1) is 14.2. The zero-order valence-electron chi connectivity index (χ0n) is 17.1. The molecule has 2 aromatic carbocycles. The van der Waals surface area contributed by atoms with Gasteiger partial charge >= 0.3 is 0 Å². The lowest BCUT2D eigenvalue weighted by Gasteiger charge is -2.27. The maximum Gasteiger partial charge on any atom is 0.243 e. The highest BCUT2D eigenvalue weighted by Gasteiger charge is 2.34. The van der Waals surface area contributed by atoms with E-state index in [2.05, 4.69) is 15.9 Å². The maximum absolute atomic E-state index is 13.2. The molecule has 1 heterocycles. The van der Waals surface area contributed by atoms with Crippen molar-refractivity contribution >= 4 is 49.1 Å². The average molecular weight is 516 g/mol. The molecule has 0 aliphatic carbocycles. The summed E-state index contributed by atoms with van der Waals surface area (Å²) in [6.45, 7) is 5.83. The Morgan fingerprint density at radius 3 is 2.63 bits per heavy atom. The van der Waals surface area contributed by atoms with Gasteiger partial charge in [-0.15, -0.1) is 0 Å². The zero-order chi connectivity index (χ0) is 22.1. The largest absolute Gasteiger partial charge is 0.492 e. The number of hydrogen-bond acceptors (Lipinski definition) is 4. The first-order valence-corrected chi connectivity index (χ1v) is 12.3. The molecule has 30 heavy (non-hydrogen) atoms. The van der Waals surface area contributed by atoms with Crippen LogP contribution in [0.3, 0.4) is 0 Å². The fourth-order valence-electron chi connectivity index (χ4n) is 3.64. The minimum atomic E-state index is -3.89. The summed E-state index contributed by atoms with van der Waals surface area (Å²) in [5.41, 5.74) is 1.89. The first kappa shape index (κ1) is 23.1. The van der Waals surface area contributed by atoms with E-state index in [0.717, 1.165) is 22.1 Å². The van der Waals surface area contributed by atoms with Crippen LogP contribution in [0, 0.1) is 0 Å². The van der Waals surface area contributed by atoms with Crippen LogP contribution in [-0.4, -0.2) is 44.4 Å². The molecular formula is C21H24BrClN2O4S. The Kier molecular flexibility index (Phi) is 7.12. The Hall–Kier alpha value is -1.61. The smallest absolute Gasteiger partial charge is 0.243 e. The lowest BCUT2D eigenvalue weighted by molar-refractivity contribution is -0.119. The summed E-state index contributed by atoms with van der Waals surface area (Å²) < 4.78 is 33.8. The molecule has 0 aromatic heterocycles. The van der Waals surface area contributed by atoms with Crippen LogP contribution in [0.5, 0.6) is 5.75 Å². The van der Waals surface area contributed by atoms with Crippen LogP contribution in [0.2, 0.25) is 5.02 Å². The number of benzene rings is 2. The molecule has 0 spiro atoms. The molecule has 0 fully saturated rings. The van der Waals surface area contributed by atoms with Gasteiger partial charge in [0.2, 0.25) is 15.9 Å². The molecule has 9 heteroatoms. The molecule has 1 amide bonds. The minimum Gasteiger partial charge on any atom is -0.492 e. The molecule has 1 atom stereocenters. The van der Waals surface area contributed by atoms with Gasteiger partial charge in [0.05, 0.1) is 23.1 Å². The monoisotopic (exact) mass is 514 g/mol. The molecule has 0 radical (unpaired) electrons. The van der Waals surface area contributed by atoms with Crippen molar-refractivity contribution in [1.29, 1.82) is 0 Å². The number of anilines is 1. The molecule has 0 unspecified atom stereocenters. The quantitative estimate of drug-likeness (QED) is 0.545. The van der Waals surface area contributed by atoms with Gasteiger partial charge in [0.25, 0.3) is 0 Å². The molecule has 0 N–H and O–H groups in total. The van der Waals surface area contributed by atoms with Gasteiger partial charge in [-0.3, -0.25) is 4.79 Å². The minimum absolute atomic E-state index is 0.0319. The summed E-state index contributed by atoms with van der Waals surface area (Å²) in [5, 5.41) is 0.216. The number of nitrogens with zero attached hydrogens (tertiary/aromatic N) is 2. The van der Waals surface area contributed by atoms with E-state index < -0.39 is 10.0 Å². The molecule has 162 valence electrons. The number of carbonyl (C=O) groups excluding carboxylic acids is 1. The van der Waals surface area contributed by atoms with Gasteiger partial charge in [-0.25, -0.2) is 8.42 Å². The molecule has 1 aliphatic rings. The van der Waals surface area contributed by atoms with E-state index >= 15 is 0 Å². The van der Waals surface area contributed by atoms with Crippen LogP contribution in [0.25, 0.3) is 0 Å². The topological polar surface area (TPSA) is 66.9 Å². The first-order valence-electron chi connectivity index (χ1n) is 9.72. The van der Waals surface area contributed by atoms with Gasteiger partial charge in [0, 0.05) is 22.7 Å². The predicted molar refractivity (Wildman–Crippen MR) is 122 cm³/mol. The number of halogens is 2. The van der Waals surface area contributed by atoms with E-state index in [1.807, 2.05) is 32.0 Å². The van der Waals surface area contributed by atoms with Crippen LogP contribution in [0.1, 0.15) is 26.3 Å². The van der Waals surface area contributed by atoms with Crippen molar-refractivity contribution in [3.63, 3.8) is 0 Å². The van der Waals surface area contributed by atoms with Crippen molar-refractivity contribution in [1.82, 2.24) is 4.31 Å². The van der Waals surface area contributed by atoms with Crippen LogP contribution in [0.15, 0.2) is 45.8 Å². The Morgan fingerprint density at radius 2 is 2.00 bits per heavy atom. The van der Waals surface area contributed by atoms with Crippen LogP contribution < -0.4 is 9.64 Å². The van der Waals surface area contributed by atoms with E-state index in [9.17, 15) is 13.2 Å². The van der Waals surface area contributed by atoms with Crippen LogP contribution in [0.4, 0.5) is 5.69 Å². The molecule has 2 aromatic rings. The van der Waals surface area contributed by atoms with E-state index in [1.54, 1.807) is 11.8 Å². The number of amides is 1. The lowest BCUT2D eigenvalue weighted by Crippen LogP contribution is -2.45. The number of likely N-dealkylation sites (N-methyl/N-ethyl adjacent to an activating group) is 1. The van der Waals surface area contributed by atoms with Gasteiger partial charge in [0.1, 0.15) is 5.75 Å². The number of fused-ring (bicyclic) bond motifs is 1. The van der Waals surface area contributed by atoms with Crippen LogP contribution >= 0.6 is 27.5 Å².